The third kappa shape index (κ3) is 5.65. The largest absolute Gasteiger partial charge is 0.493 e. The molecule has 2 amide bonds. The zero-order chi connectivity index (χ0) is 15.7. The number of carbonyl (C=O) groups excluding carboxylic acids is 2. The van der Waals surface area contributed by atoms with Gasteiger partial charge in [-0.25, -0.2) is 10.2 Å². The van der Waals surface area contributed by atoms with Crippen molar-refractivity contribution in [2.24, 2.45) is 0 Å². The van der Waals surface area contributed by atoms with Crippen molar-refractivity contribution in [2.45, 2.75) is 13.3 Å². The second-order valence-electron chi connectivity index (χ2n) is 3.87. The number of carbonyl (C=O) groups is 2. The van der Waals surface area contributed by atoms with Gasteiger partial charge in [-0.3, -0.25) is 15.5 Å². The molecule has 0 saturated carbocycles. The number of ether oxygens (including phenoxy) is 2. The third-order valence-electron chi connectivity index (χ3n) is 2.28. The summed E-state index contributed by atoms with van der Waals surface area (Å²) in [6, 6.07) is 6.82. The molecule has 1 aromatic rings. The molecule has 0 aliphatic heterocycles. The number of nitrogens with one attached hydrogen (secondary N) is 3. The Labute approximate surface area is 128 Å². The fourth-order valence-electron chi connectivity index (χ4n) is 1.35. The molecule has 7 nitrogen and oxygen atoms in total. The van der Waals surface area contributed by atoms with E-state index in [0.717, 1.165) is 6.42 Å². The van der Waals surface area contributed by atoms with Crippen LogP contribution in [0.2, 0.25) is 0 Å². The molecule has 0 aromatic heterocycles. The molecule has 0 spiro atoms. The highest BCUT2D eigenvalue weighted by Gasteiger charge is 2.13. The quantitative estimate of drug-likeness (QED) is 0.574. The summed E-state index contributed by atoms with van der Waals surface area (Å²) < 4.78 is 9.84. The first kappa shape index (κ1) is 16.7. The monoisotopic (exact) mass is 311 g/mol. The van der Waals surface area contributed by atoms with Gasteiger partial charge in [0.1, 0.15) is 5.75 Å². The van der Waals surface area contributed by atoms with Crippen LogP contribution in [-0.2, 0) is 4.74 Å². The number of hydrogen-bond acceptors (Lipinski definition) is 5. The summed E-state index contributed by atoms with van der Waals surface area (Å²) in [5.41, 5.74) is 4.83. The lowest BCUT2D eigenvalue weighted by atomic mass is 10.2. The SMILES string of the molecule is CCCOc1ccccc1C(=O)NC(=S)NNC(=O)OC. The maximum atomic E-state index is 12.1. The molecule has 8 heteroatoms. The highest BCUT2D eigenvalue weighted by atomic mass is 32.1. The Hall–Kier alpha value is -2.35. The van der Waals surface area contributed by atoms with Crippen molar-refractivity contribution in [2.75, 3.05) is 13.7 Å². The molecule has 0 fully saturated rings. The highest BCUT2D eigenvalue weighted by molar-refractivity contribution is 7.80. The lowest BCUT2D eigenvalue weighted by Crippen LogP contribution is -2.48. The highest BCUT2D eigenvalue weighted by Crippen LogP contribution is 2.17. The second-order valence-corrected chi connectivity index (χ2v) is 4.28. The predicted octanol–water partition coefficient (Wildman–Crippen LogP) is 1.35. The van der Waals surface area contributed by atoms with Gasteiger partial charge in [0, 0.05) is 0 Å². The van der Waals surface area contributed by atoms with Gasteiger partial charge < -0.3 is 9.47 Å². The molecule has 0 saturated heterocycles. The minimum Gasteiger partial charge on any atom is -0.493 e. The first-order chi connectivity index (χ1) is 10.1. The molecule has 0 aliphatic rings. The normalized spacial score (nSPS) is 9.43. The fourth-order valence-corrected chi connectivity index (χ4v) is 1.50. The minimum atomic E-state index is -0.724. The zero-order valence-corrected chi connectivity index (χ0v) is 12.6. The van der Waals surface area contributed by atoms with E-state index in [0.29, 0.717) is 17.9 Å². The van der Waals surface area contributed by atoms with Crippen LogP contribution in [0.4, 0.5) is 4.79 Å². The summed E-state index contributed by atoms with van der Waals surface area (Å²) in [7, 11) is 1.21. The van der Waals surface area contributed by atoms with E-state index >= 15 is 0 Å². The molecule has 21 heavy (non-hydrogen) atoms. The molecule has 3 N–H and O–H groups in total. The number of hydrazine groups is 1. The van der Waals surface area contributed by atoms with Crippen LogP contribution < -0.4 is 20.9 Å². The van der Waals surface area contributed by atoms with E-state index in [4.69, 9.17) is 17.0 Å². The van der Waals surface area contributed by atoms with Gasteiger partial charge >= 0.3 is 6.09 Å². The number of benzene rings is 1. The lowest BCUT2D eigenvalue weighted by molar-refractivity contribution is 0.0971. The van der Waals surface area contributed by atoms with Crippen molar-refractivity contribution < 1.29 is 19.1 Å². The number of hydrogen-bond donors (Lipinski definition) is 3. The van der Waals surface area contributed by atoms with Crippen molar-refractivity contribution in [3.8, 4) is 5.75 Å². The molecule has 0 atom stereocenters. The van der Waals surface area contributed by atoms with Crippen LogP contribution in [0.5, 0.6) is 5.75 Å². The number of amides is 2. The standard InChI is InChI=1S/C13H17N3O4S/c1-3-8-20-10-7-5-4-6-9(10)11(17)14-12(21)15-16-13(18)19-2/h4-7H,3,8H2,1-2H3,(H,16,18)(H2,14,15,17,21). The first-order valence-electron chi connectivity index (χ1n) is 6.25. The summed E-state index contributed by atoms with van der Waals surface area (Å²) in [5, 5.41) is 2.36. The van der Waals surface area contributed by atoms with E-state index in [9.17, 15) is 9.59 Å². The Morgan fingerprint density at radius 1 is 1.24 bits per heavy atom. The lowest BCUT2D eigenvalue weighted by Gasteiger charge is -2.12. The molecule has 0 radical (unpaired) electrons. The molecule has 0 bridgehead atoms. The summed E-state index contributed by atoms with van der Waals surface area (Å²) in [4.78, 5) is 22.9. The Morgan fingerprint density at radius 3 is 2.62 bits per heavy atom. The molecular weight excluding hydrogens is 294 g/mol. The average molecular weight is 311 g/mol. The van der Waals surface area contributed by atoms with Gasteiger partial charge in [-0.05, 0) is 30.8 Å². The summed E-state index contributed by atoms with van der Waals surface area (Å²) in [6.45, 7) is 2.48. The Bertz CT molecular complexity index is 522. The van der Waals surface area contributed by atoms with Crippen molar-refractivity contribution in [1.82, 2.24) is 16.2 Å². The van der Waals surface area contributed by atoms with E-state index in [1.165, 1.54) is 7.11 Å². The van der Waals surface area contributed by atoms with Gasteiger partial charge in [0.15, 0.2) is 5.11 Å². The zero-order valence-electron chi connectivity index (χ0n) is 11.8. The van der Waals surface area contributed by atoms with Crippen LogP contribution in [-0.4, -0.2) is 30.8 Å². The van der Waals surface area contributed by atoms with Crippen molar-refractivity contribution >= 4 is 29.3 Å². The predicted molar refractivity (Wildman–Crippen MR) is 81.0 cm³/mol. The van der Waals surface area contributed by atoms with Gasteiger partial charge in [-0.15, -0.1) is 0 Å². The fraction of sp³-hybridized carbons (Fsp3) is 0.308. The molecule has 1 rings (SSSR count). The van der Waals surface area contributed by atoms with Gasteiger partial charge in [0.25, 0.3) is 5.91 Å². The number of para-hydroxylation sites is 1. The van der Waals surface area contributed by atoms with Gasteiger partial charge in [-0.2, -0.15) is 0 Å². The van der Waals surface area contributed by atoms with E-state index in [1.54, 1.807) is 24.3 Å². The molecule has 114 valence electrons. The average Bonchev–Trinajstić information content (AvgIpc) is 2.50. The van der Waals surface area contributed by atoms with Gasteiger partial charge in [-0.1, -0.05) is 19.1 Å². The summed E-state index contributed by atoms with van der Waals surface area (Å²) in [6.07, 6.45) is 0.108. The van der Waals surface area contributed by atoms with Crippen LogP contribution >= 0.6 is 12.2 Å². The third-order valence-corrected chi connectivity index (χ3v) is 2.49. The molecule has 1 aromatic carbocycles. The topological polar surface area (TPSA) is 88.7 Å². The van der Waals surface area contributed by atoms with Gasteiger partial charge in [0.05, 0.1) is 19.3 Å². The van der Waals surface area contributed by atoms with Crippen molar-refractivity contribution in [3.05, 3.63) is 29.8 Å². The van der Waals surface area contributed by atoms with Crippen LogP contribution in [0, 0.1) is 0 Å². The Kier molecular flexibility index (Phi) is 6.96. The maximum Gasteiger partial charge on any atom is 0.425 e. The van der Waals surface area contributed by atoms with Crippen LogP contribution in [0.1, 0.15) is 23.7 Å². The maximum absolute atomic E-state index is 12.1. The second kappa shape index (κ2) is 8.75. The summed E-state index contributed by atoms with van der Waals surface area (Å²) in [5.74, 6) is 0.0337. The minimum absolute atomic E-state index is 0.0595. The molecule has 0 unspecified atom stereocenters. The van der Waals surface area contributed by atoms with Crippen LogP contribution in [0.25, 0.3) is 0 Å². The van der Waals surface area contributed by atoms with Crippen molar-refractivity contribution in [3.63, 3.8) is 0 Å². The molecule has 0 heterocycles. The first-order valence-corrected chi connectivity index (χ1v) is 6.66. The Balaban J connectivity index is 2.62. The van der Waals surface area contributed by atoms with Crippen LogP contribution in [0.15, 0.2) is 24.3 Å². The summed E-state index contributed by atoms with van der Waals surface area (Å²) >= 11 is 4.87. The molecular formula is C13H17N3O4S. The van der Waals surface area contributed by atoms with E-state index in [-0.39, 0.29) is 5.11 Å². The molecule has 0 aliphatic carbocycles. The smallest absolute Gasteiger partial charge is 0.425 e. The Morgan fingerprint density at radius 2 is 1.95 bits per heavy atom. The number of rotatable bonds is 4. The van der Waals surface area contributed by atoms with E-state index < -0.39 is 12.0 Å². The number of thiocarbonyl (C=S) groups is 1. The van der Waals surface area contributed by atoms with Crippen molar-refractivity contribution in [1.29, 1.82) is 0 Å². The van der Waals surface area contributed by atoms with E-state index in [2.05, 4.69) is 20.9 Å². The van der Waals surface area contributed by atoms with E-state index in [1.807, 2.05) is 6.92 Å². The van der Waals surface area contributed by atoms with Gasteiger partial charge in [0.2, 0.25) is 0 Å². The van der Waals surface area contributed by atoms with Crippen LogP contribution in [0.3, 0.4) is 0 Å². The number of methoxy groups -OCH3 is 1.